The van der Waals surface area contributed by atoms with Crippen LogP contribution in [0.1, 0.15) is 5.56 Å². The van der Waals surface area contributed by atoms with Crippen LogP contribution in [0.5, 0.6) is 5.75 Å². The van der Waals surface area contributed by atoms with Gasteiger partial charge in [0.1, 0.15) is 5.75 Å². The van der Waals surface area contributed by atoms with Crippen molar-refractivity contribution in [2.24, 2.45) is 0 Å². The Bertz CT molecular complexity index is 472. The smallest absolute Gasteiger partial charge is 0.463 e. The summed E-state index contributed by atoms with van der Waals surface area (Å²) in [4.78, 5) is 11.3. The van der Waals surface area contributed by atoms with Crippen LogP contribution in [-0.4, -0.2) is 35.1 Å². The van der Waals surface area contributed by atoms with Crippen LogP contribution >= 0.6 is 0 Å². The van der Waals surface area contributed by atoms with Crippen molar-refractivity contribution < 1.29 is 31.9 Å². The van der Waals surface area contributed by atoms with Gasteiger partial charge >= 0.3 is 18.0 Å². The number of phenolic OH excluding ortho intramolecular Hbond substituents is 1. The molecule has 1 aromatic rings. The van der Waals surface area contributed by atoms with Crippen LogP contribution in [0, 0.1) is 0 Å². The fourth-order valence-electron chi connectivity index (χ4n) is 1.36. The summed E-state index contributed by atoms with van der Waals surface area (Å²) >= 11 is 0. The van der Waals surface area contributed by atoms with E-state index in [0.717, 1.165) is 13.1 Å². The Morgan fingerprint density at radius 2 is 1.84 bits per heavy atom. The first-order chi connectivity index (χ1) is 8.55. The van der Waals surface area contributed by atoms with E-state index in [1.807, 2.05) is 0 Å². The van der Waals surface area contributed by atoms with E-state index in [4.69, 9.17) is 5.11 Å². The van der Waals surface area contributed by atoms with E-state index in [1.165, 1.54) is 18.2 Å². The molecule has 0 unspecified atom stereocenters. The van der Waals surface area contributed by atoms with Crippen LogP contribution in [0.15, 0.2) is 24.3 Å². The molecule has 1 N–H and O–H groups in total. The van der Waals surface area contributed by atoms with E-state index in [0.29, 0.717) is 0 Å². The number of rotatable bonds is 3. The molecule has 8 heteroatoms. The molecule has 0 bridgehead atoms. The minimum absolute atomic E-state index is 0.180. The van der Waals surface area contributed by atoms with Gasteiger partial charge in [0, 0.05) is 13.6 Å². The van der Waals surface area contributed by atoms with Gasteiger partial charge in [0.05, 0.1) is 0 Å². The molecule has 0 aromatic heterocycles. The average molecular weight is 283 g/mol. The summed E-state index contributed by atoms with van der Waals surface area (Å²) in [6, 6.07) is 5.23. The lowest BCUT2D eigenvalue weighted by molar-refractivity contribution is -0.274. The number of carbonyl (C=O) groups is 1. The van der Waals surface area contributed by atoms with Crippen LogP contribution in [0.2, 0.25) is 0 Å². The summed E-state index contributed by atoms with van der Waals surface area (Å²) in [5, 5.41) is 9.12. The largest absolute Gasteiger partial charge is 0.508 e. The lowest BCUT2D eigenvalue weighted by Crippen LogP contribution is -2.50. The molecule has 19 heavy (non-hydrogen) atoms. The summed E-state index contributed by atoms with van der Waals surface area (Å²) in [5.41, 5.74) is 0.230. The molecule has 1 amide bonds. The Morgan fingerprint density at radius 1 is 1.26 bits per heavy atom. The monoisotopic (exact) mass is 283 g/mol. The first-order valence-corrected chi connectivity index (χ1v) is 5.03. The highest BCUT2D eigenvalue weighted by Crippen LogP contribution is 2.36. The van der Waals surface area contributed by atoms with Gasteiger partial charge < -0.3 is 10.0 Å². The summed E-state index contributed by atoms with van der Waals surface area (Å²) in [6.07, 6.45) is -5.93. The number of carbonyl (C=O) groups excluding carboxylic acids is 1. The second kappa shape index (κ2) is 5.02. The second-order valence-corrected chi connectivity index (χ2v) is 3.90. The normalized spacial score (nSPS) is 12.3. The molecule has 106 valence electrons. The van der Waals surface area contributed by atoms with Crippen molar-refractivity contribution in [3.63, 3.8) is 0 Å². The van der Waals surface area contributed by atoms with E-state index in [2.05, 4.69) is 0 Å². The molecule has 1 aromatic carbocycles. The third-order valence-electron chi connectivity index (χ3n) is 2.30. The highest BCUT2D eigenvalue weighted by Gasteiger charge is 2.64. The number of hydrogen-bond acceptors (Lipinski definition) is 2. The zero-order valence-electron chi connectivity index (χ0n) is 9.71. The van der Waals surface area contributed by atoms with Gasteiger partial charge in [0.2, 0.25) is 0 Å². The first kappa shape index (κ1) is 15.2. The molecule has 0 aliphatic rings. The number of hydrogen-bond donors (Lipinski definition) is 1. The molecule has 0 atom stereocenters. The maximum absolute atomic E-state index is 12.8. The average Bonchev–Trinajstić information content (AvgIpc) is 2.26. The summed E-state index contributed by atoms with van der Waals surface area (Å²) in [5.74, 6) is -7.96. The molecule has 3 nitrogen and oxygen atoms in total. The number of phenols is 1. The lowest BCUT2D eigenvalue weighted by Gasteiger charge is -2.24. The molecule has 0 fully saturated rings. The Kier molecular flexibility index (Phi) is 4.02. The highest BCUT2D eigenvalue weighted by atomic mass is 19.4. The van der Waals surface area contributed by atoms with Crippen molar-refractivity contribution in [1.82, 2.24) is 4.90 Å². The van der Waals surface area contributed by atoms with Gasteiger partial charge in [-0.3, -0.25) is 4.79 Å². The van der Waals surface area contributed by atoms with E-state index in [-0.39, 0.29) is 16.2 Å². The zero-order chi connectivity index (χ0) is 14.8. The quantitative estimate of drug-likeness (QED) is 0.866. The SMILES string of the molecule is CN(Cc1cccc(O)c1)C(=O)C(F)(F)C(F)(F)F. The van der Waals surface area contributed by atoms with Gasteiger partial charge in [-0.15, -0.1) is 0 Å². The topological polar surface area (TPSA) is 40.5 Å². The molecule has 0 saturated heterocycles. The zero-order valence-corrected chi connectivity index (χ0v) is 9.71. The first-order valence-electron chi connectivity index (χ1n) is 5.03. The Balaban J connectivity index is 2.84. The predicted molar refractivity (Wildman–Crippen MR) is 55.6 cm³/mol. The minimum Gasteiger partial charge on any atom is -0.508 e. The maximum atomic E-state index is 12.8. The van der Waals surface area contributed by atoms with E-state index < -0.39 is 24.6 Å². The van der Waals surface area contributed by atoms with Crippen LogP contribution in [0.4, 0.5) is 22.0 Å². The van der Waals surface area contributed by atoms with Crippen LogP contribution < -0.4 is 0 Å². The summed E-state index contributed by atoms with van der Waals surface area (Å²) in [7, 11) is 0.825. The van der Waals surface area contributed by atoms with Crippen LogP contribution in [-0.2, 0) is 11.3 Å². The van der Waals surface area contributed by atoms with Crippen molar-refractivity contribution in [3.8, 4) is 5.75 Å². The van der Waals surface area contributed by atoms with Crippen molar-refractivity contribution >= 4 is 5.91 Å². The molecule has 0 heterocycles. The van der Waals surface area contributed by atoms with E-state index in [9.17, 15) is 26.7 Å². The number of aromatic hydroxyl groups is 1. The van der Waals surface area contributed by atoms with Gasteiger partial charge in [-0.2, -0.15) is 22.0 Å². The molecule has 0 aliphatic heterocycles. The molecule has 0 aliphatic carbocycles. The van der Waals surface area contributed by atoms with Crippen LogP contribution in [0.3, 0.4) is 0 Å². The van der Waals surface area contributed by atoms with Crippen molar-refractivity contribution in [1.29, 1.82) is 0 Å². The minimum atomic E-state index is -5.93. The van der Waals surface area contributed by atoms with Crippen LogP contribution in [0.25, 0.3) is 0 Å². The number of benzene rings is 1. The molecule has 1 rings (SSSR count). The third-order valence-corrected chi connectivity index (χ3v) is 2.30. The van der Waals surface area contributed by atoms with Crippen molar-refractivity contribution in [2.75, 3.05) is 7.05 Å². The summed E-state index contributed by atoms with van der Waals surface area (Å²) in [6.45, 7) is -0.473. The van der Waals surface area contributed by atoms with Crippen molar-refractivity contribution in [2.45, 2.75) is 18.6 Å². The van der Waals surface area contributed by atoms with Gasteiger partial charge in [-0.05, 0) is 17.7 Å². The number of alkyl halides is 5. The van der Waals surface area contributed by atoms with Crippen molar-refractivity contribution in [3.05, 3.63) is 29.8 Å². The molecular weight excluding hydrogens is 273 g/mol. The molecular formula is C11H10F5NO2. The predicted octanol–water partition coefficient (Wildman–Crippen LogP) is 2.55. The molecule has 0 radical (unpaired) electrons. The fraction of sp³-hybridized carbons (Fsp3) is 0.364. The number of nitrogens with zero attached hydrogens (tertiary/aromatic N) is 1. The second-order valence-electron chi connectivity index (χ2n) is 3.90. The standard InChI is InChI=1S/C11H10F5NO2/c1-17(6-7-3-2-4-8(18)5-7)9(19)10(12,13)11(14,15)16/h2-5,18H,6H2,1H3. The number of amides is 1. The van der Waals surface area contributed by atoms with E-state index >= 15 is 0 Å². The Labute approximate surface area is 105 Å². The number of halogens is 5. The summed E-state index contributed by atoms with van der Waals surface area (Å²) < 4.78 is 61.6. The van der Waals surface area contributed by atoms with Gasteiger partial charge in [-0.1, -0.05) is 12.1 Å². The van der Waals surface area contributed by atoms with Gasteiger partial charge in [-0.25, -0.2) is 0 Å². The lowest BCUT2D eigenvalue weighted by atomic mass is 10.2. The Morgan fingerprint density at radius 3 is 2.32 bits per heavy atom. The molecule has 0 saturated carbocycles. The Hall–Kier alpha value is -1.86. The maximum Gasteiger partial charge on any atom is 0.463 e. The fourth-order valence-corrected chi connectivity index (χ4v) is 1.36. The third kappa shape index (κ3) is 3.33. The van der Waals surface area contributed by atoms with E-state index in [1.54, 1.807) is 0 Å². The molecule has 0 spiro atoms. The highest BCUT2D eigenvalue weighted by molar-refractivity contribution is 5.84. The van der Waals surface area contributed by atoms with Gasteiger partial charge in [0.15, 0.2) is 0 Å². The van der Waals surface area contributed by atoms with Gasteiger partial charge in [0.25, 0.3) is 0 Å².